The maximum atomic E-state index is 13.2. The van der Waals surface area contributed by atoms with Crippen molar-refractivity contribution in [3.63, 3.8) is 0 Å². The molecule has 4 aliphatic carbocycles. The normalized spacial score (nSPS) is 37.7. The minimum Gasteiger partial charge on any atom is -0.393 e. The molecule has 3 saturated carbocycles. The summed E-state index contributed by atoms with van der Waals surface area (Å²) in [5, 5.41) is 10.6. The first-order valence-corrected chi connectivity index (χ1v) is 16.8. The second-order valence-corrected chi connectivity index (χ2v) is 15.6. The van der Waals surface area contributed by atoms with Gasteiger partial charge in [0, 0.05) is 5.41 Å². The quantitative estimate of drug-likeness (QED) is 0.256. The number of hydrogen-bond donors (Lipinski definition) is 1. The molecule has 1 aromatic rings. The average Bonchev–Trinajstić information content (AvgIpc) is 3.25. The largest absolute Gasteiger partial charge is 0.393 e. The van der Waals surface area contributed by atoms with Crippen molar-refractivity contribution in [1.29, 1.82) is 0 Å². The molecule has 212 valence electrons. The molecule has 0 unspecified atom stereocenters. The van der Waals surface area contributed by atoms with E-state index in [2.05, 4.69) is 33.8 Å². The lowest BCUT2D eigenvalue weighted by Crippen LogP contribution is -2.53. The molecule has 3 fully saturated rings. The van der Waals surface area contributed by atoms with Crippen LogP contribution in [0.3, 0.4) is 0 Å². The van der Waals surface area contributed by atoms with Crippen molar-refractivity contribution in [2.45, 2.75) is 109 Å². The van der Waals surface area contributed by atoms with Crippen molar-refractivity contribution in [1.82, 2.24) is 0 Å². The zero-order valence-electron chi connectivity index (χ0n) is 24.1. The standard InChI is InChI=1S/C33H50O4S/c1-23(2)9-8-10-24(3)29-15-16-30-28-14-13-25-21-26(34)17-20-33(25,31(28)18-19-32(29,30)4)22-37-38(35,36)27-11-6-5-7-12-27/h5-7,11-13,23-24,26,28-31,34H,8-10,14-22H2,1-4H3/t24-,26+,28+,29-,30+,31+,32-,33-/m1/s1. The van der Waals surface area contributed by atoms with Gasteiger partial charge in [0.25, 0.3) is 10.1 Å². The number of fused-ring (bicyclic) bond motifs is 5. The summed E-state index contributed by atoms with van der Waals surface area (Å²) in [7, 11) is -3.82. The van der Waals surface area contributed by atoms with E-state index in [1.54, 1.807) is 24.3 Å². The molecule has 0 bridgehead atoms. The third kappa shape index (κ3) is 5.17. The van der Waals surface area contributed by atoms with Crippen LogP contribution >= 0.6 is 0 Å². The van der Waals surface area contributed by atoms with E-state index in [-0.39, 0.29) is 23.0 Å². The van der Waals surface area contributed by atoms with Gasteiger partial charge in [0.2, 0.25) is 0 Å². The lowest BCUT2D eigenvalue weighted by molar-refractivity contribution is -0.0755. The Hall–Kier alpha value is -1.17. The number of benzene rings is 1. The highest BCUT2D eigenvalue weighted by molar-refractivity contribution is 7.86. The molecule has 4 nitrogen and oxygen atoms in total. The van der Waals surface area contributed by atoms with Crippen LogP contribution in [0, 0.1) is 46.3 Å². The zero-order chi connectivity index (χ0) is 27.1. The highest BCUT2D eigenvalue weighted by Gasteiger charge is 2.60. The number of rotatable bonds is 9. The smallest absolute Gasteiger partial charge is 0.297 e. The van der Waals surface area contributed by atoms with Gasteiger partial charge in [-0.1, -0.05) is 76.8 Å². The summed E-state index contributed by atoms with van der Waals surface area (Å²) in [6.45, 7) is 9.98. The lowest BCUT2D eigenvalue weighted by atomic mass is 9.46. The molecule has 1 N–H and O–H groups in total. The van der Waals surface area contributed by atoms with Gasteiger partial charge in [-0.2, -0.15) is 8.42 Å². The number of aliphatic hydroxyl groups excluding tert-OH is 1. The summed E-state index contributed by atoms with van der Waals surface area (Å²) < 4.78 is 32.2. The molecular formula is C33H50O4S. The van der Waals surface area contributed by atoms with Crippen LogP contribution in [0.15, 0.2) is 46.9 Å². The van der Waals surface area contributed by atoms with Crippen LogP contribution in [0.2, 0.25) is 0 Å². The summed E-state index contributed by atoms with van der Waals surface area (Å²) in [6.07, 6.45) is 14.4. The number of allylic oxidation sites excluding steroid dienone is 1. The summed E-state index contributed by atoms with van der Waals surface area (Å²) in [5.74, 6) is 4.08. The summed E-state index contributed by atoms with van der Waals surface area (Å²) in [6, 6.07) is 8.55. The zero-order valence-corrected chi connectivity index (χ0v) is 24.9. The van der Waals surface area contributed by atoms with E-state index >= 15 is 0 Å². The third-order valence-electron chi connectivity index (χ3n) is 11.5. The first kappa shape index (κ1) is 28.4. The van der Waals surface area contributed by atoms with Gasteiger partial charge in [-0.05, 0) is 104 Å². The van der Waals surface area contributed by atoms with Gasteiger partial charge in [-0.25, -0.2) is 0 Å². The van der Waals surface area contributed by atoms with E-state index in [0.717, 1.165) is 43.4 Å². The minimum atomic E-state index is -3.82. The molecule has 4 aliphatic rings. The van der Waals surface area contributed by atoms with Crippen molar-refractivity contribution in [3.8, 4) is 0 Å². The molecule has 0 aliphatic heterocycles. The molecule has 8 atom stereocenters. The van der Waals surface area contributed by atoms with Gasteiger partial charge in [-0.3, -0.25) is 4.18 Å². The monoisotopic (exact) mass is 542 g/mol. The van der Waals surface area contributed by atoms with Crippen LogP contribution in [-0.2, 0) is 14.3 Å². The highest BCUT2D eigenvalue weighted by atomic mass is 32.2. The van der Waals surface area contributed by atoms with Crippen molar-refractivity contribution < 1.29 is 17.7 Å². The Kier molecular flexibility index (Phi) is 8.22. The first-order valence-electron chi connectivity index (χ1n) is 15.4. The molecular weight excluding hydrogens is 492 g/mol. The van der Waals surface area contributed by atoms with Gasteiger partial charge in [0.05, 0.1) is 17.6 Å². The molecule has 0 saturated heterocycles. The van der Waals surface area contributed by atoms with Crippen LogP contribution < -0.4 is 0 Å². The fraction of sp³-hybridized carbons (Fsp3) is 0.758. The topological polar surface area (TPSA) is 63.6 Å². The van der Waals surface area contributed by atoms with Crippen LogP contribution in [0.4, 0.5) is 0 Å². The van der Waals surface area contributed by atoms with Crippen LogP contribution in [0.25, 0.3) is 0 Å². The van der Waals surface area contributed by atoms with Gasteiger partial charge < -0.3 is 5.11 Å². The van der Waals surface area contributed by atoms with Gasteiger partial charge in [0.15, 0.2) is 0 Å². The van der Waals surface area contributed by atoms with Crippen LogP contribution in [-0.4, -0.2) is 26.2 Å². The molecule has 5 heteroatoms. The Labute approximate surface area is 231 Å². The molecule has 1 aromatic carbocycles. The molecule has 5 rings (SSSR count). The second kappa shape index (κ2) is 11.0. The average molecular weight is 543 g/mol. The number of aliphatic hydroxyl groups is 1. The third-order valence-corrected chi connectivity index (χ3v) is 12.8. The molecule has 0 aromatic heterocycles. The maximum absolute atomic E-state index is 13.2. The Morgan fingerprint density at radius 3 is 2.50 bits per heavy atom. The van der Waals surface area contributed by atoms with Crippen molar-refractivity contribution in [2.24, 2.45) is 46.3 Å². The van der Waals surface area contributed by atoms with Crippen molar-refractivity contribution in [2.75, 3.05) is 6.61 Å². The Morgan fingerprint density at radius 1 is 1.00 bits per heavy atom. The van der Waals surface area contributed by atoms with Crippen molar-refractivity contribution in [3.05, 3.63) is 42.0 Å². The fourth-order valence-electron chi connectivity index (χ4n) is 9.57. The molecule has 0 heterocycles. The minimum absolute atomic E-state index is 0.211. The predicted octanol–water partition coefficient (Wildman–Crippen LogP) is 7.77. The Balaban J connectivity index is 1.38. The SMILES string of the molecule is CC(C)CCC[C@@H](C)[C@H]1CC[C@H]2[C@@H]3CC=C4C[C@@H](O)CC[C@]4(COS(=O)(=O)c4ccccc4)[C@H]3CC[C@]12C. The van der Waals surface area contributed by atoms with E-state index < -0.39 is 10.1 Å². The summed E-state index contributed by atoms with van der Waals surface area (Å²) in [5.41, 5.74) is 1.38. The fourth-order valence-corrected chi connectivity index (χ4v) is 10.6. The van der Waals surface area contributed by atoms with E-state index in [1.165, 1.54) is 44.1 Å². The van der Waals surface area contributed by atoms with Gasteiger partial charge in [-0.15, -0.1) is 0 Å². The molecule has 0 amide bonds. The van der Waals surface area contributed by atoms with E-state index in [1.807, 2.05) is 6.07 Å². The van der Waals surface area contributed by atoms with Crippen LogP contribution in [0.1, 0.15) is 98.3 Å². The van der Waals surface area contributed by atoms with E-state index in [9.17, 15) is 13.5 Å². The van der Waals surface area contributed by atoms with Crippen molar-refractivity contribution >= 4 is 10.1 Å². The van der Waals surface area contributed by atoms with Crippen LogP contribution in [0.5, 0.6) is 0 Å². The highest BCUT2D eigenvalue weighted by Crippen LogP contribution is 2.67. The lowest BCUT2D eigenvalue weighted by Gasteiger charge is -2.59. The maximum Gasteiger partial charge on any atom is 0.297 e. The second-order valence-electron chi connectivity index (χ2n) is 14.0. The summed E-state index contributed by atoms with van der Waals surface area (Å²) in [4.78, 5) is 0.228. The Morgan fingerprint density at radius 2 is 1.76 bits per heavy atom. The number of hydrogen-bond acceptors (Lipinski definition) is 4. The summed E-state index contributed by atoms with van der Waals surface area (Å²) >= 11 is 0. The molecule has 0 radical (unpaired) electrons. The predicted molar refractivity (Wildman–Crippen MR) is 153 cm³/mol. The molecule has 0 spiro atoms. The molecule has 38 heavy (non-hydrogen) atoms. The first-order chi connectivity index (χ1) is 18.1. The van der Waals surface area contributed by atoms with Gasteiger partial charge in [0.1, 0.15) is 0 Å². The van der Waals surface area contributed by atoms with E-state index in [4.69, 9.17) is 4.18 Å². The van der Waals surface area contributed by atoms with Gasteiger partial charge >= 0.3 is 0 Å². The Bertz CT molecular complexity index is 1100. The van der Waals surface area contributed by atoms with E-state index in [0.29, 0.717) is 29.6 Å².